The fraction of sp³-hybridized carbons (Fsp3) is 0.545. The van der Waals surface area contributed by atoms with E-state index in [9.17, 15) is 4.79 Å². The Morgan fingerprint density at radius 1 is 1.69 bits per heavy atom. The van der Waals surface area contributed by atoms with Gasteiger partial charge in [-0.15, -0.1) is 0 Å². The van der Waals surface area contributed by atoms with Crippen LogP contribution in [-0.4, -0.2) is 25.2 Å². The highest BCUT2D eigenvalue weighted by molar-refractivity contribution is 6.32. The lowest BCUT2D eigenvalue weighted by Gasteiger charge is -2.40. The highest BCUT2D eigenvalue weighted by Gasteiger charge is 2.37. The zero-order valence-corrected chi connectivity index (χ0v) is 9.84. The lowest BCUT2D eigenvalue weighted by molar-refractivity contribution is -0.0679. The second-order valence-corrected chi connectivity index (χ2v) is 4.37. The second-order valence-electron chi connectivity index (χ2n) is 4.03. The molecular weight excluding hydrogens is 230 g/mol. The molecule has 1 aromatic heterocycles. The Morgan fingerprint density at radius 3 is 2.88 bits per heavy atom. The molecule has 4 nitrogen and oxygen atoms in total. The van der Waals surface area contributed by atoms with Gasteiger partial charge >= 0.3 is 0 Å². The van der Waals surface area contributed by atoms with Crippen molar-refractivity contribution in [1.82, 2.24) is 5.32 Å². The number of carbonyl (C=O) groups excluding carboxylic acids is 1. The van der Waals surface area contributed by atoms with E-state index in [4.69, 9.17) is 20.8 Å². The predicted molar refractivity (Wildman–Crippen MR) is 59.6 cm³/mol. The van der Waals surface area contributed by atoms with Crippen LogP contribution in [-0.2, 0) is 4.74 Å². The number of furan rings is 1. The Kier molecular flexibility index (Phi) is 3.21. The summed E-state index contributed by atoms with van der Waals surface area (Å²) in [6.07, 6.45) is 4.52. The molecule has 1 N–H and O–H groups in total. The molecule has 0 saturated heterocycles. The molecule has 5 heteroatoms. The Hall–Kier alpha value is -1.00. The molecule has 1 saturated carbocycles. The average Bonchev–Trinajstić information content (AvgIpc) is 2.63. The van der Waals surface area contributed by atoms with E-state index in [1.54, 1.807) is 13.2 Å². The fourth-order valence-corrected chi connectivity index (χ4v) is 2.02. The van der Waals surface area contributed by atoms with Gasteiger partial charge in [-0.1, -0.05) is 0 Å². The van der Waals surface area contributed by atoms with E-state index < -0.39 is 0 Å². The summed E-state index contributed by atoms with van der Waals surface area (Å²) >= 11 is 5.71. The van der Waals surface area contributed by atoms with Crippen molar-refractivity contribution >= 4 is 17.5 Å². The van der Waals surface area contributed by atoms with Crippen molar-refractivity contribution in [3.05, 3.63) is 23.1 Å². The zero-order chi connectivity index (χ0) is 11.6. The van der Waals surface area contributed by atoms with Crippen LogP contribution < -0.4 is 5.32 Å². The number of methoxy groups -OCH3 is 1. The summed E-state index contributed by atoms with van der Waals surface area (Å²) in [4.78, 5) is 11.7. The highest BCUT2D eigenvalue weighted by atomic mass is 35.5. The third kappa shape index (κ3) is 2.08. The zero-order valence-electron chi connectivity index (χ0n) is 9.09. The first-order chi connectivity index (χ1) is 7.67. The number of amides is 1. The van der Waals surface area contributed by atoms with Crippen LogP contribution in [0.15, 0.2) is 16.7 Å². The number of rotatable bonds is 4. The molecule has 1 heterocycles. The summed E-state index contributed by atoms with van der Waals surface area (Å²) in [7, 11) is 1.68. The third-order valence-electron chi connectivity index (χ3n) is 3.13. The molecule has 0 aliphatic heterocycles. The number of ether oxygens (including phenoxy) is 1. The molecule has 88 valence electrons. The van der Waals surface area contributed by atoms with Gasteiger partial charge in [0.25, 0.3) is 5.91 Å². The van der Waals surface area contributed by atoms with E-state index in [1.807, 2.05) is 0 Å². The Labute approximate surface area is 98.9 Å². The van der Waals surface area contributed by atoms with E-state index in [0.29, 0.717) is 12.1 Å². The minimum atomic E-state index is -0.220. The molecule has 0 aromatic carbocycles. The summed E-state index contributed by atoms with van der Waals surface area (Å²) in [5.41, 5.74) is 0.193. The van der Waals surface area contributed by atoms with Crippen molar-refractivity contribution in [2.75, 3.05) is 13.7 Å². The van der Waals surface area contributed by atoms with Gasteiger partial charge in [0.2, 0.25) is 5.22 Å². The van der Waals surface area contributed by atoms with Crippen LogP contribution >= 0.6 is 11.6 Å². The maximum atomic E-state index is 11.7. The topological polar surface area (TPSA) is 51.5 Å². The minimum Gasteiger partial charge on any atom is -0.452 e. The summed E-state index contributed by atoms with van der Waals surface area (Å²) in [5, 5.41) is 2.93. The number of hydrogen-bond donors (Lipinski definition) is 1. The summed E-state index contributed by atoms with van der Waals surface area (Å²) < 4.78 is 10.3. The molecule has 0 atom stereocenters. The van der Waals surface area contributed by atoms with Crippen molar-refractivity contribution < 1.29 is 13.9 Å². The Balaban J connectivity index is 1.91. The first kappa shape index (κ1) is 11.5. The first-order valence-electron chi connectivity index (χ1n) is 5.23. The highest BCUT2D eigenvalue weighted by Crippen LogP contribution is 2.34. The van der Waals surface area contributed by atoms with Gasteiger partial charge in [-0.3, -0.25) is 4.79 Å². The normalized spacial score (nSPS) is 17.9. The fourth-order valence-electron chi connectivity index (χ4n) is 1.82. The quantitative estimate of drug-likeness (QED) is 0.882. The molecule has 16 heavy (non-hydrogen) atoms. The number of nitrogens with one attached hydrogen (secondary N) is 1. The lowest BCUT2D eigenvalue weighted by Crippen LogP contribution is -2.49. The molecule has 0 bridgehead atoms. The van der Waals surface area contributed by atoms with Gasteiger partial charge in [0.15, 0.2) is 0 Å². The predicted octanol–water partition coefficient (Wildman–Crippen LogP) is 2.23. The number of hydrogen-bond acceptors (Lipinski definition) is 3. The van der Waals surface area contributed by atoms with Crippen LogP contribution in [0.2, 0.25) is 5.22 Å². The van der Waals surface area contributed by atoms with Crippen molar-refractivity contribution in [1.29, 1.82) is 0 Å². The first-order valence-corrected chi connectivity index (χ1v) is 5.61. The monoisotopic (exact) mass is 243 g/mol. The number of halogens is 1. The number of carbonyl (C=O) groups is 1. The SMILES string of the molecule is COC1(CNC(=O)c2ccoc2Cl)CCC1. The van der Waals surface area contributed by atoms with Gasteiger partial charge < -0.3 is 14.5 Å². The standard InChI is InChI=1S/C11H14ClNO3/c1-15-11(4-2-5-11)7-13-10(14)8-3-6-16-9(8)12/h3,6H,2,4-5,7H2,1H3,(H,13,14). The minimum absolute atomic E-state index is 0.123. The van der Waals surface area contributed by atoms with Crippen molar-refractivity contribution in [2.45, 2.75) is 24.9 Å². The smallest absolute Gasteiger partial charge is 0.256 e. The van der Waals surface area contributed by atoms with Crippen LogP contribution in [0, 0.1) is 0 Å². The molecule has 1 aliphatic carbocycles. The largest absolute Gasteiger partial charge is 0.452 e. The summed E-state index contributed by atoms with van der Waals surface area (Å²) in [6.45, 7) is 0.518. The van der Waals surface area contributed by atoms with Crippen LogP contribution in [0.4, 0.5) is 0 Å². The van der Waals surface area contributed by atoms with E-state index in [0.717, 1.165) is 19.3 Å². The maximum absolute atomic E-state index is 11.7. The maximum Gasteiger partial charge on any atom is 0.256 e. The molecule has 0 radical (unpaired) electrons. The van der Waals surface area contributed by atoms with Gasteiger partial charge in [-0.2, -0.15) is 0 Å². The Bertz CT molecular complexity index is 379. The van der Waals surface area contributed by atoms with E-state index in [2.05, 4.69) is 5.32 Å². The molecule has 0 spiro atoms. The van der Waals surface area contributed by atoms with E-state index in [1.165, 1.54) is 6.26 Å². The Morgan fingerprint density at radius 2 is 2.44 bits per heavy atom. The molecule has 2 rings (SSSR count). The molecular formula is C11H14ClNO3. The van der Waals surface area contributed by atoms with Crippen LogP contribution in [0.1, 0.15) is 29.6 Å². The van der Waals surface area contributed by atoms with Crippen LogP contribution in [0.3, 0.4) is 0 Å². The van der Waals surface area contributed by atoms with E-state index >= 15 is 0 Å². The van der Waals surface area contributed by atoms with Gasteiger partial charge in [-0.25, -0.2) is 0 Å². The van der Waals surface area contributed by atoms with E-state index in [-0.39, 0.29) is 16.7 Å². The molecule has 1 aliphatic rings. The lowest BCUT2D eigenvalue weighted by atomic mass is 9.80. The van der Waals surface area contributed by atoms with Crippen LogP contribution in [0.25, 0.3) is 0 Å². The summed E-state index contributed by atoms with van der Waals surface area (Å²) in [6, 6.07) is 1.55. The third-order valence-corrected chi connectivity index (χ3v) is 3.42. The molecule has 1 fully saturated rings. The van der Waals surface area contributed by atoms with Crippen molar-refractivity contribution in [3.8, 4) is 0 Å². The molecule has 1 aromatic rings. The van der Waals surface area contributed by atoms with Crippen LogP contribution in [0.5, 0.6) is 0 Å². The average molecular weight is 244 g/mol. The van der Waals surface area contributed by atoms with Gasteiger partial charge in [0.1, 0.15) is 0 Å². The van der Waals surface area contributed by atoms with Gasteiger partial charge in [0.05, 0.1) is 17.4 Å². The molecule has 0 unspecified atom stereocenters. The van der Waals surface area contributed by atoms with Gasteiger partial charge in [0, 0.05) is 13.7 Å². The van der Waals surface area contributed by atoms with Crippen molar-refractivity contribution in [3.63, 3.8) is 0 Å². The second kappa shape index (κ2) is 4.47. The summed E-state index contributed by atoms with van der Waals surface area (Å²) in [5.74, 6) is -0.220. The van der Waals surface area contributed by atoms with Crippen molar-refractivity contribution in [2.24, 2.45) is 0 Å². The molecule has 1 amide bonds. The van der Waals surface area contributed by atoms with Gasteiger partial charge in [-0.05, 0) is 36.9 Å².